The van der Waals surface area contributed by atoms with Gasteiger partial charge in [0.15, 0.2) is 6.61 Å². The van der Waals surface area contributed by atoms with Crippen molar-refractivity contribution in [3.8, 4) is 5.75 Å². The average molecular weight is 674 g/mol. The number of para-hydroxylation sites is 1. The standard InChI is InChI=1S/C38H31N3O5S2/c1-19-10-14-23(15-11-19)41-36(43)31-25-17-26(32(31)37(41)44)33-30(25)29(34-35(47-33)40-38(45)48-34)24-8-4-5-9-27(24)46-18-28(42)39-22-13-12-20-6-2-3-7-21(20)16-22/h2-16,25-26,29-33H,17-18H2,1H3,(H,39,42)(H,40,45)/t25?,26?,29-,30?,31?,32?,33?/m1/s1. The summed E-state index contributed by atoms with van der Waals surface area (Å²) in [6.45, 7) is 1.79. The fraction of sp³-hybridized carbons (Fsp3) is 0.263. The van der Waals surface area contributed by atoms with Gasteiger partial charge in [0.2, 0.25) is 11.8 Å². The van der Waals surface area contributed by atoms with Crippen LogP contribution in [0.2, 0.25) is 0 Å². The second-order valence-corrected chi connectivity index (χ2v) is 15.4. The van der Waals surface area contributed by atoms with Crippen LogP contribution in [0.5, 0.6) is 5.75 Å². The number of H-pyrrole nitrogens is 1. The lowest BCUT2D eigenvalue weighted by Gasteiger charge is -2.43. The zero-order valence-corrected chi connectivity index (χ0v) is 27.6. The van der Waals surface area contributed by atoms with Gasteiger partial charge in [-0.3, -0.25) is 24.1 Å². The van der Waals surface area contributed by atoms with Gasteiger partial charge in [-0.2, -0.15) is 0 Å². The molecule has 0 spiro atoms. The zero-order valence-electron chi connectivity index (χ0n) is 25.9. The van der Waals surface area contributed by atoms with Gasteiger partial charge in [0.1, 0.15) is 5.75 Å². The third kappa shape index (κ3) is 4.57. The van der Waals surface area contributed by atoms with Gasteiger partial charge >= 0.3 is 4.87 Å². The van der Waals surface area contributed by atoms with E-state index in [0.29, 0.717) is 17.1 Å². The number of fused-ring (bicyclic) bond motifs is 10. The molecular weight excluding hydrogens is 643 g/mol. The first kappa shape index (κ1) is 29.5. The molecule has 5 aromatic rings. The first-order valence-corrected chi connectivity index (χ1v) is 17.9. The number of hydrogen-bond acceptors (Lipinski definition) is 7. The molecule has 3 amide bonds. The highest BCUT2D eigenvalue weighted by Gasteiger charge is 2.69. The van der Waals surface area contributed by atoms with Crippen LogP contribution < -0.4 is 19.8 Å². The van der Waals surface area contributed by atoms with Crippen molar-refractivity contribution in [1.29, 1.82) is 0 Å². The van der Waals surface area contributed by atoms with Gasteiger partial charge in [0.05, 0.1) is 22.5 Å². The Morgan fingerprint density at radius 3 is 2.44 bits per heavy atom. The quantitative estimate of drug-likeness (QED) is 0.197. The number of benzene rings is 4. The van der Waals surface area contributed by atoms with Gasteiger partial charge in [0.25, 0.3) is 5.91 Å². The molecule has 2 N–H and O–H groups in total. The Hall–Kier alpha value is -4.67. The average Bonchev–Trinajstić information content (AvgIpc) is 3.83. The minimum atomic E-state index is -0.397. The lowest BCUT2D eigenvalue weighted by molar-refractivity contribution is -0.123. The smallest absolute Gasteiger partial charge is 0.305 e. The summed E-state index contributed by atoms with van der Waals surface area (Å²) >= 11 is 2.86. The fourth-order valence-corrected chi connectivity index (χ4v) is 11.7. The number of amides is 3. The molecule has 240 valence electrons. The number of nitrogens with one attached hydrogen (secondary N) is 2. The number of aryl methyl sites for hydroxylation is 1. The molecule has 2 aliphatic heterocycles. The Balaban J connectivity index is 1.02. The molecule has 7 atom stereocenters. The van der Waals surface area contributed by atoms with Crippen LogP contribution in [0, 0.1) is 36.5 Å². The number of rotatable bonds is 6. The van der Waals surface area contributed by atoms with E-state index in [-0.39, 0.29) is 64.0 Å². The van der Waals surface area contributed by atoms with Gasteiger partial charge < -0.3 is 15.0 Å². The SMILES string of the molecule is Cc1ccc(N2C(=O)C3C4CC(C3C2=O)C2C4Sc3[nH]c(=O)sc3[C@@H]2c2ccccc2OCC(=O)Nc2ccc3ccccc3c2)cc1. The van der Waals surface area contributed by atoms with Crippen molar-refractivity contribution >= 4 is 63.0 Å². The molecule has 4 aromatic carbocycles. The molecule has 9 rings (SSSR count). The largest absolute Gasteiger partial charge is 0.483 e. The molecule has 2 saturated carbocycles. The number of aromatic nitrogens is 1. The molecule has 4 aliphatic rings. The summed E-state index contributed by atoms with van der Waals surface area (Å²) in [5, 5.41) is 5.96. The highest BCUT2D eigenvalue weighted by molar-refractivity contribution is 8.00. The number of aromatic amines is 1. The van der Waals surface area contributed by atoms with E-state index < -0.39 is 5.92 Å². The number of hydrogen-bond donors (Lipinski definition) is 2. The molecule has 8 nitrogen and oxygen atoms in total. The third-order valence-corrected chi connectivity index (χ3v) is 13.3. The second kappa shape index (κ2) is 11.2. The highest BCUT2D eigenvalue weighted by Crippen LogP contribution is 2.69. The number of thioether (sulfide) groups is 1. The molecule has 1 aromatic heterocycles. The monoisotopic (exact) mass is 673 g/mol. The zero-order chi connectivity index (χ0) is 32.7. The van der Waals surface area contributed by atoms with Crippen LogP contribution >= 0.6 is 23.1 Å². The molecule has 2 aliphatic carbocycles. The third-order valence-electron chi connectivity index (χ3n) is 10.7. The van der Waals surface area contributed by atoms with Crippen LogP contribution in [-0.4, -0.2) is 34.6 Å². The van der Waals surface area contributed by atoms with Crippen molar-refractivity contribution in [3.05, 3.63) is 117 Å². The Bertz CT molecular complexity index is 2190. The van der Waals surface area contributed by atoms with Crippen molar-refractivity contribution in [2.24, 2.45) is 29.6 Å². The van der Waals surface area contributed by atoms with Crippen LogP contribution in [0.3, 0.4) is 0 Å². The van der Waals surface area contributed by atoms with Crippen LogP contribution in [0.1, 0.15) is 28.3 Å². The number of imide groups is 1. The first-order valence-electron chi connectivity index (χ1n) is 16.2. The maximum Gasteiger partial charge on any atom is 0.305 e. The van der Waals surface area contributed by atoms with Crippen LogP contribution in [0.4, 0.5) is 11.4 Å². The maximum atomic E-state index is 14.1. The van der Waals surface area contributed by atoms with Crippen molar-refractivity contribution in [2.45, 2.75) is 29.5 Å². The minimum absolute atomic E-state index is 0.0155. The molecular formula is C38H31N3O5S2. The number of carbonyl (C=O) groups excluding carboxylic acids is 3. The summed E-state index contributed by atoms with van der Waals surface area (Å²) in [4.78, 5) is 59.1. The molecule has 6 unspecified atom stereocenters. The summed E-state index contributed by atoms with van der Waals surface area (Å²) < 4.78 is 6.24. The molecule has 2 bridgehead atoms. The molecule has 3 heterocycles. The lowest BCUT2D eigenvalue weighted by Crippen LogP contribution is -2.42. The predicted octanol–water partition coefficient (Wildman–Crippen LogP) is 6.59. The Morgan fingerprint density at radius 2 is 1.62 bits per heavy atom. The van der Waals surface area contributed by atoms with Crippen LogP contribution in [0.25, 0.3) is 10.8 Å². The summed E-state index contributed by atoms with van der Waals surface area (Å²) in [5.74, 6) is -0.906. The fourth-order valence-electron chi connectivity index (χ4n) is 8.79. The van der Waals surface area contributed by atoms with Crippen LogP contribution in [0.15, 0.2) is 101 Å². The molecule has 3 fully saturated rings. The summed E-state index contributed by atoms with van der Waals surface area (Å²) in [5.41, 5.74) is 3.27. The Morgan fingerprint density at radius 1 is 0.896 bits per heavy atom. The van der Waals surface area contributed by atoms with Gasteiger partial charge in [-0.05, 0) is 72.2 Å². The van der Waals surface area contributed by atoms with E-state index in [1.54, 1.807) is 11.8 Å². The summed E-state index contributed by atoms with van der Waals surface area (Å²) in [6, 6.07) is 29.0. The number of nitrogens with zero attached hydrogens (tertiary/aromatic N) is 1. The summed E-state index contributed by atoms with van der Waals surface area (Å²) in [6.07, 6.45) is 0.795. The topological polar surface area (TPSA) is 109 Å². The Labute approximate surface area is 284 Å². The summed E-state index contributed by atoms with van der Waals surface area (Å²) in [7, 11) is 0. The number of ether oxygens (including phenoxy) is 1. The molecule has 10 heteroatoms. The number of carbonyl (C=O) groups is 3. The van der Waals surface area contributed by atoms with Crippen molar-refractivity contribution in [3.63, 3.8) is 0 Å². The molecule has 1 saturated heterocycles. The number of thiazole rings is 1. The normalized spacial score (nSPS) is 26.8. The van der Waals surface area contributed by atoms with Gasteiger partial charge in [0, 0.05) is 27.3 Å². The first-order chi connectivity index (χ1) is 23.4. The predicted molar refractivity (Wildman–Crippen MR) is 187 cm³/mol. The van der Waals surface area contributed by atoms with Crippen LogP contribution in [-0.2, 0) is 14.4 Å². The van der Waals surface area contributed by atoms with Gasteiger partial charge in [-0.25, -0.2) is 0 Å². The second-order valence-electron chi connectivity index (χ2n) is 13.2. The minimum Gasteiger partial charge on any atom is -0.483 e. The van der Waals surface area contributed by atoms with Gasteiger partial charge in [-0.15, -0.1) is 11.8 Å². The molecule has 48 heavy (non-hydrogen) atoms. The van der Waals surface area contributed by atoms with E-state index in [1.807, 2.05) is 97.9 Å². The Kier molecular flexibility index (Phi) is 6.88. The van der Waals surface area contributed by atoms with E-state index in [2.05, 4.69) is 10.3 Å². The van der Waals surface area contributed by atoms with E-state index in [4.69, 9.17) is 4.74 Å². The van der Waals surface area contributed by atoms with Crippen molar-refractivity contribution in [2.75, 3.05) is 16.8 Å². The van der Waals surface area contributed by atoms with E-state index >= 15 is 0 Å². The van der Waals surface area contributed by atoms with Crippen molar-refractivity contribution < 1.29 is 19.1 Å². The highest BCUT2D eigenvalue weighted by atomic mass is 32.2. The van der Waals surface area contributed by atoms with E-state index in [9.17, 15) is 19.2 Å². The lowest BCUT2D eigenvalue weighted by atomic mass is 9.68. The maximum absolute atomic E-state index is 14.1. The van der Waals surface area contributed by atoms with Crippen molar-refractivity contribution in [1.82, 2.24) is 4.98 Å². The van der Waals surface area contributed by atoms with E-state index in [1.165, 1.54) is 16.2 Å². The molecule has 0 radical (unpaired) electrons. The number of anilines is 2. The van der Waals surface area contributed by atoms with Gasteiger partial charge in [-0.1, -0.05) is 77.6 Å². The van der Waals surface area contributed by atoms with E-state index in [0.717, 1.165) is 38.2 Å².